The van der Waals surface area contributed by atoms with E-state index in [0.29, 0.717) is 12.1 Å². The number of aliphatic hydroxyl groups is 1. The van der Waals surface area contributed by atoms with Gasteiger partial charge in [0.2, 0.25) is 0 Å². The number of nitrogens with one attached hydrogen (secondary N) is 1. The lowest BCUT2D eigenvalue weighted by Crippen LogP contribution is -2.24. The van der Waals surface area contributed by atoms with Crippen LogP contribution in [0.2, 0.25) is 0 Å². The molecular weight excluding hydrogens is 318 g/mol. The van der Waals surface area contributed by atoms with Crippen LogP contribution in [0, 0.1) is 0 Å². The Balaban J connectivity index is 1.98. The molecule has 0 fully saturated rings. The summed E-state index contributed by atoms with van der Waals surface area (Å²) >= 11 is 3.44. The maximum Gasteiger partial charge on any atom is 0.251 e. The minimum atomic E-state index is -0.0428. The largest absolute Gasteiger partial charge is 0.396 e. The fourth-order valence-electron chi connectivity index (χ4n) is 2.08. The maximum atomic E-state index is 12.0. The summed E-state index contributed by atoms with van der Waals surface area (Å²) in [5.74, 6) is -0.0428. The van der Waals surface area contributed by atoms with Gasteiger partial charge in [0, 0.05) is 23.2 Å². The zero-order chi connectivity index (χ0) is 14.4. The van der Waals surface area contributed by atoms with Crippen LogP contribution < -0.4 is 5.32 Å². The summed E-state index contributed by atoms with van der Waals surface area (Å²) in [7, 11) is 0. The second-order valence-corrected chi connectivity index (χ2v) is 5.66. The number of benzene rings is 2. The van der Waals surface area contributed by atoms with Crippen LogP contribution in [0.4, 0.5) is 0 Å². The van der Waals surface area contributed by atoms with Crippen LogP contribution in [-0.2, 0) is 0 Å². The van der Waals surface area contributed by atoms with Gasteiger partial charge in [0.1, 0.15) is 0 Å². The molecule has 2 rings (SSSR count). The van der Waals surface area contributed by atoms with Crippen molar-refractivity contribution >= 4 is 32.6 Å². The predicted octanol–water partition coefficient (Wildman–Crippen LogP) is 3.49. The molecule has 2 aromatic carbocycles. The number of hydrogen-bond donors (Lipinski definition) is 2. The van der Waals surface area contributed by atoms with Gasteiger partial charge in [0.05, 0.1) is 0 Å². The topological polar surface area (TPSA) is 49.3 Å². The van der Waals surface area contributed by atoms with Gasteiger partial charge in [-0.05, 0) is 54.3 Å². The summed E-state index contributed by atoms with van der Waals surface area (Å²) < 4.78 is 1.03. The lowest BCUT2D eigenvalue weighted by atomic mass is 10.1. The fourth-order valence-corrected chi connectivity index (χ4v) is 2.45. The van der Waals surface area contributed by atoms with Crippen LogP contribution in [0.3, 0.4) is 0 Å². The zero-order valence-electron chi connectivity index (χ0n) is 11.2. The molecule has 0 spiro atoms. The van der Waals surface area contributed by atoms with Gasteiger partial charge < -0.3 is 10.4 Å². The van der Waals surface area contributed by atoms with Crippen molar-refractivity contribution in [2.45, 2.75) is 19.3 Å². The van der Waals surface area contributed by atoms with Crippen LogP contribution in [0.25, 0.3) is 10.8 Å². The van der Waals surface area contributed by atoms with Crippen LogP contribution in [-0.4, -0.2) is 24.2 Å². The third-order valence-electron chi connectivity index (χ3n) is 3.18. The van der Waals surface area contributed by atoms with Gasteiger partial charge in [-0.2, -0.15) is 0 Å². The smallest absolute Gasteiger partial charge is 0.251 e. The Hall–Kier alpha value is -1.39. The standard InChI is InChI=1S/C16H18BrNO2/c17-15-7-6-12-10-14(5-4-13(12)11-15)16(20)18-8-2-1-3-9-19/h4-7,10-11,19H,1-3,8-9H2,(H,18,20). The highest BCUT2D eigenvalue weighted by Crippen LogP contribution is 2.20. The van der Waals surface area contributed by atoms with Crippen LogP contribution in [0.5, 0.6) is 0 Å². The van der Waals surface area contributed by atoms with Crippen molar-refractivity contribution in [3.05, 3.63) is 46.4 Å². The summed E-state index contributed by atoms with van der Waals surface area (Å²) in [6, 6.07) is 11.7. The predicted molar refractivity (Wildman–Crippen MR) is 84.9 cm³/mol. The minimum Gasteiger partial charge on any atom is -0.396 e. The molecular formula is C16H18BrNO2. The number of unbranched alkanes of at least 4 members (excludes halogenated alkanes) is 2. The van der Waals surface area contributed by atoms with E-state index in [-0.39, 0.29) is 12.5 Å². The summed E-state index contributed by atoms with van der Waals surface area (Å²) in [5.41, 5.74) is 0.682. The molecule has 2 N–H and O–H groups in total. The third-order valence-corrected chi connectivity index (χ3v) is 3.68. The Morgan fingerprint density at radius 3 is 2.60 bits per heavy atom. The van der Waals surface area contributed by atoms with Crippen molar-refractivity contribution < 1.29 is 9.90 Å². The van der Waals surface area contributed by atoms with Crippen molar-refractivity contribution in [2.75, 3.05) is 13.2 Å². The first-order chi connectivity index (χ1) is 9.70. The Morgan fingerprint density at radius 2 is 1.80 bits per heavy atom. The Kier molecular flexibility index (Phi) is 5.56. The van der Waals surface area contributed by atoms with Crippen molar-refractivity contribution in [3.63, 3.8) is 0 Å². The molecule has 2 aromatic rings. The molecule has 4 heteroatoms. The number of carbonyl (C=O) groups excluding carboxylic acids is 1. The van der Waals surface area contributed by atoms with Crippen molar-refractivity contribution in [2.24, 2.45) is 0 Å². The summed E-state index contributed by atoms with van der Waals surface area (Å²) in [4.78, 5) is 12.0. The van der Waals surface area contributed by atoms with E-state index in [0.717, 1.165) is 34.5 Å². The number of rotatable bonds is 6. The zero-order valence-corrected chi connectivity index (χ0v) is 12.8. The molecule has 0 heterocycles. The van der Waals surface area contributed by atoms with Crippen LogP contribution in [0.15, 0.2) is 40.9 Å². The normalized spacial score (nSPS) is 10.7. The van der Waals surface area contributed by atoms with Gasteiger partial charge in [0.15, 0.2) is 0 Å². The van der Waals surface area contributed by atoms with Gasteiger partial charge >= 0.3 is 0 Å². The molecule has 0 saturated heterocycles. The molecule has 3 nitrogen and oxygen atoms in total. The minimum absolute atomic E-state index is 0.0428. The van der Waals surface area contributed by atoms with Crippen molar-refractivity contribution in [1.29, 1.82) is 0 Å². The highest BCUT2D eigenvalue weighted by atomic mass is 79.9. The van der Waals surface area contributed by atoms with E-state index >= 15 is 0 Å². The summed E-state index contributed by atoms with van der Waals surface area (Å²) in [6.45, 7) is 0.866. The second kappa shape index (κ2) is 7.41. The van der Waals surface area contributed by atoms with E-state index in [1.165, 1.54) is 0 Å². The Labute approximate surface area is 127 Å². The molecule has 20 heavy (non-hydrogen) atoms. The number of aliphatic hydroxyl groups excluding tert-OH is 1. The van der Waals surface area contributed by atoms with E-state index < -0.39 is 0 Å². The molecule has 0 aliphatic carbocycles. The van der Waals surface area contributed by atoms with Crippen LogP contribution >= 0.6 is 15.9 Å². The first-order valence-corrected chi connectivity index (χ1v) is 7.58. The average molecular weight is 336 g/mol. The molecule has 0 atom stereocenters. The number of carbonyl (C=O) groups is 1. The second-order valence-electron chi connectivity index (χ2n) is 4.75. The van der Waals surface area contributed by atoms with Crippen molar-refractivity contribution in [3.8, 4) is 0 Å². The quantitative estimate of drug-likeness (QED) is 0.794. The maximum absolute atomic E-state index is 12.0. The van der Waals surface area contributed by atoms with E-state index in [2.05, 4.69) is 21.2 Å². The molecule has 0 bridgehead atoms. The molecule has 0 saturated carbocycles. The van der Waals surface area contributed by atoms with Gasteiger partial charge in [-0.15, -0.1) is 0 Å². The van der Waals surface area contributed by atoms with E-state index in [4.69, 9.17) is 5.11 Å². The first-order valence-electron chi connectivity index (χ1n) is 6.79. The van der Waals surface area contributed by atoms with Crippen molar-refractivity contribution in [1.82, 2.24) is 5.32 Å². The average Bonchev–Trinajstić information content (AvgIpc) is 2.46. The lowest BCUT2D eigenvalue weighted by Gasteiger charge is -2.06. The monoisotopic (exact) mass is 335 g/mol. The molecule has 1 amide bonds. The van der Waals surface area contributed by atoms with E-state index in [9.17, 15) is 4.79 Å². The highest BCUT2D eigenvalue weighted by molar-refractivity contribution is 9.10. The number of amides is 1. The molecule has 0 aliphatic rings. The molecule has 0 unspecified atom stereocenters. The van der Waals surface area contributed by atoms with Gasteiger partial charge in [-0.25, -0.2) is 0 Å². The van der Waals surface area contributed by atoms with Crippen LogP contribution in [0.1, 0.15) is 29.6 Å². The molecule has 106 valence electrons. The van der Waals surface area contributed by atoms with Gasteiger partial charge in [-0.1, -0.05) is 28.1 Å². The highest BCUT2D eigenvalue weighted by Gasteiger charge is 2.05. The van der Waals surface area contributed by atoms with Gasteiger partial charge in [0.25, 0.3) is 5.91 Å². The number of fused-ring (bicyclic) bond motifs is 1. The Bertz CT molecular complexity index is 598. The first kappa shape index (κ1) is 15.0. The lowest BCUT2D eigenvalue weighted by molar-refractivity contribution is 0.0953. The summed E-state index contributed by atoms with van der Waals surface area (Å²) in [6.07, 6.45) is 2.62. The molecule has 0 radical (unpaired) electrons. The van der Waals surface area contributed by atoms with E-state index in [1.54, 1.807) is 0 Å². The summed E-state index contributed by atoms with van der Waals surface area (Å²) in [5, 5.41) is 13.8. The number of halogens is 1. The number of hydrogen-bond acceptors (Lipinski definition) is 2. The molecule has 0 aliphatic heterocycles. The van der Waals surface area contributed by atoms with Gasteiger partial charge in [-0.3, -0.25) is 4.79 Å². The third kappa shape index (κ3) is 4.05. The SMILES string of the molecule is O=C(NCCCCCO)c1ccc2cc(Br)ccc2c1. The van der Waals surface area contributed by atoms with E-state index in [1.807, 2.05) is 36.4 Å². The fraction of sp³-hybridized carbons (Fsp3) is 0.312. The Morgan fingerprint density at radius 1 is 1.05 bits per heavy atom. The molecule has 0 aromatic heterocycles.